The zero-order valence-corrected chi connectivity index (χ0v) is 12.2. The van der Waals surface area contributed by atoms with Gasteiger partial charge in [0.15, 0.2) is 0 Å². The lowest BCUT2D eigenvalue weighted by atomic mass is 9.83. The number of anilines is 1. The summed E-state index contributed by atoms with van der Waals surface area (Å²) < 4.78 is 0. The number of rotatable bonds is 6. The van der Waals surface area contributed by atoms with Gasteiger partial charge in [0.05, 0.1) is 5.41 Å². The second kappa shape index (κ2) is 6.41. The Hall–Kier alpha value is -2.04. The van der Waals surface area contributed by atoms with Crippen LogP contribution in [0.4, 0.5) is 5.69 Å². The van der Waals surface area contributed by atoms with Crippen LogP contribution in [0, 0.1) is 0 Å². The molecule has 3 N–H and O–H groups in total. The average Bonchev–Trinajstić information content (AvgIpc) is 2.37. The van der Waals surface area contributed by atoms with Gasteiger partial charge < -0.3 is 15.7 Å². The number of carbonyl (C=O) groups excluding carboxylic acids is 1. The van der Waals surface area contributed by atoms with E-state index in [1.54, 1.807) is 38.1 Å². The van der Waals surface area contributed by atoms with Crippen LogP contribution in [0.15, 0.2) is 24.3 Å². The summed E-state index contributed by atoms with van der Waals surface area (Å²) in [4.78, 5) is 24.9. The number of hydrogen-bond donors (Lipinski definition) is 2. The number of nitrogen functional groups attached to an aromatic ring is 1. The van der Waals surface area contributed by atoms with Gasteiger partial charge in [-0.3, -0.25) is 9.59 Å². The number of aliphatic carboxylic acids is 1. The Morgan fingerprint density at radius 3 is 2.25 bits per heavy atom. The fourth-order valence-corrected chi connectivity index (χ4v) is 2.10. The molecule has 0 spiro atoms. The number of amides is 1. The monoisotopic (exact) mass is 278 g/mol. The number of hydrogen-bond acceptors (Lipinski definition) is 3. The van der Waals surface area contributed by atoms with Gasteiger partial charge in [-0.2, -0.15) is 0 Å². The summed E-state index contributed by atoms with van der Waals surface area (Å²) in [6.45, 7) is 5.67. The second-order valence-corrected chi connectivity index (χ2v) is 5.37. The van der Waals surface area contributed by atoms with Gasteiger partial charge in [-0.15, -0.1) is 0 Å². The highest BCUT2D eigenvalue weighted by molar-refractivity contribution is 5.89. The van der Waals surface area contributed by atoms with Crippen molar-refractivity contribution < 1.29 is 14.7 Å². The average molecular weight is 278 g/mol. The highest BCUT2D eigenvalue weighted by atomic mass is 16.4. The van der Waals surface area contributed by atoms with E-state index in [-0.39, 0.29) is 12.5 Å². The van der Waals surface area contributed by atoms with Gasteiger partial charge in [-0.05, 0) is 38.0 Å². The van der Waals surface area contributed by atoms with Gasteiger partial charge in [-0.1, -0.05) is 19.1 Å². The maximum Gasteiger partial charge on any atom is 0.323 e. The van der Waals surface area contributed by atoms with Crippen molar-refractivity contribution >= 4 is 17.6 Å². The van der Waals surface area contributed by atoms with Crippen molar-refractivity contribution in [1.29, 1.82) is 0 Å². The number of carbonyl (C=O) groups is 2. The van der Waals surface area contributed by atoms with E-state index in [1.807, 2.05) is 6.92 Å². The van der Waals surface area contributed by atoms with Gasteiger partial charge in [0.1, 0.15) is 6.54 Å². The lowest BCUT2D eigenvalue weighted by molar-refractivity contribution is -0.146. The molecule has 0 saturated heterocycles. The van der Waals surface area contributed by atoms with E-state index in [9.17, 15) is 9.59 Å². The van der Waals surface area contributed by atoms with Crippen molar-refractivity contribution in [3.05, 3.63) is 29.8 Å². The van der Waals surface area contributed by atoms with Crippen molar-refractivity contribution in [2.75, 3.05) is 18.8 Å². The van der Waals surface area contributed by atoms with Crippen LogP contribution in [0.25, 0.3) is 0 Å². The van der Waals surface area contributed by atoms with E-state index < -0.39 is 11.4 Å². The summed E-state index contributed by atoms with van der Waals surface area (Å²) in [5.41, 5.74) is 6.32. The predicted octanol–water partition coefficient (Wildman–Crippen LogP) is 1.87. The third-order valence-electron chi connectivity index (χ3n) is 3.27. The lowest BCUT2D eigenvalue weighted by Crippen LogP contribution is -2.46. The molecule has 20 heavy (non-hydrogen) atoms. The number of nitrogens with two attached hydrogens (primary N) is 1. The van der Waals surface area contributed by atoms with Crippen molar-refractivity contribution in [1.82, 2.24) is 4.90 Å². The fraction of sp³-hybridized carbons (Fsp3) is 0.467. The molecular formula is C15H22N2O3. The third kappa shape index (κ3) is 3.73. The minimum Gasteiger partial charge on any atom is -0.480 e. The molecule has 0 atom stereocenters. The number of benzene rings is 1. The Kier molecular flexibility index (Phi) is 5.13. The minimum absolute atomic E-state index is 0.188. The summed E-state index contributed by atoms with van der Waals surface area (Å²) in [6, 6.07) is 7.09. The molecule has 0 radical (unpaired) electrons. The first-order chi connectivity index (χ1) is 9.28. The highest BCUT2D eigenvalue weighted by Gasteiger charge is 2.34. The smallest absolute Gasteiger partial charge is 0.323 e. The first-order valence-electron chi connectivity index (χ1n) is 6.66. The summed E-state index contributed by atoms with van der Waals surface area (Å²) >= 11 is 0. The Morgan fingerprint density at radius 2 is 1.80 bits per heavy atom. The maximum atomic E-state index is 12.6. The van der Waals surface area contributed by atoms with Crippen LogP contribution in [0.3, 0.4) is 0 Å². The first kappa shape index (κ1) is 16.0. The second-order valence-electron chi connectivity index (χ2n) is 5.37. The van der Waals surface area contributed by atoms with Crippen molar-refractivity contribution in [3.8, 4) is 0 Å². The molecule has 0 unspecified atom stereocenters. The molecule has 0 heterocycles. The van der Waals surface area contributed by atoms with Crippen LogP contribution in [0.2, 0.25) is 0 Å². The normalized spacial score (nSPS) is 11.2. The Bertz CT molecular complexity index is 480. The molecule has 0 aromatic heterocycles. The molecule has 5 nitrogen and oxygen atoms in total. The summed E-state index contributed by atoms with van der Waals surface area (Å²) in [7, 11) is 0. The van der Waals surface area contributed by atoms with E-state index in [1.165, 1.54) is 4.90 Å². The van der Waals surface area contributed by atoms with Crippen molar-refractivity contribution in [3.63, 3.8) is 0 Å². The fourth-order valence-electron chi connectivity index (χ4n) is 2.10. The molecule has 1 aromatic carbocycles. The standard InChI is InChI=1S/C15H22N2O3/c1-4-9-17(10-13(18)19)14(20)15(2,3)11-5-7-12(16)8-6-11/h5-8H,4,9-10,16H2,1-3H3,(H,18,19). The molecule has 0 aliphatic carbocycles. The van der Waals surface area contributed by atoms with E-state index in [2.05, 4.69) is 0 Å². The maximum absolute atomic E-state index is 12.6. The molecule has 0 aliphatic heterocycles. The lowest BCUT2D eigenvalue weighted by Gasteiger charge is -2.31. The van der Waals surface area contributed by atoms with Gasteiger partial charge in [-0.25, -0.2) is 0 Å². The topological polar surface area (TPSA) is 83.6 Å². The van der Waals surface area contributed by atoms with E-state index in [4.69, 9.17) is 10.8 Å². The molecule has 1 rings (SSSR count). The molecule has 0 fully saturated rings. The summed E-state index contributed by atoms with van der Waals surface area (Å²) in [6.07, 6.45) is 0.719. The number of nitrogens with zero attached hydrogens (tertiary/aromatic N) is 1. The SMILES string of the molecule is CCCN(CC(=O)O)C(=O)C(C)(C)c1ccc(N)cc1. The third-order valence-corrected chi connectivity index (χ3v) is 3.27. The van der Waals surface area contributed by atoms with Crippen LogP contribution in [-0.4, -0.2) is 35.0 Å². The van der Waals surface area contributed by atoms with Gasteiger partial charge >= 0.3 is 5.97 Å². The number of carboxylic acids is 1. The molecule has 0 aliphatic rings. The molecule has 0 saturated carbocycles. The molecule has 0 bridgehead atoms. The molecule has 110 valence electrons. The van der Waals surface area contributed by atoms with Crippen molar-refractivity contribution in [2.45, 2.75) is 32.6 Å². The molecule has 5 heteroatoms. The zero-order chi connectivity index (χ0) is 15.3. The Morgan fingerprint density at radius 1 is 1.25 bits per heavy atom. The quantitative estimate of drug-likeness (QED) is 0.778. The van der Waals surface area contributed by atoms with E-state index in [0.29, 0.717) is 12.2 Å². The van der Waals surface area contributed by atoms with Crippen LogP contribution in [0.5, 0.6) is 0 Å². The summed E-state index contributed by atoms with van der Waals surface area (Å²) in [5, 5.41) is 8.92. The minimum atomic E-state index is -1.00. The Labute approximate surface area is 119 Å². The van der Waals surface area contributed by atoms with Gasteiger partial charge in [0.2, 0.25) is 5.91 Å². The first-order valence-corrected chi connectivity index (χ1v) is 6.66. The summed E-state index contributed by atoms with van der Waals surface area (Å²) in [5.74, 6) is -1.19. The van der Waals surface area contributed by atoms with Crippen molar-refractivity contribution in [2.24, 2.45) is 0 Å². The largest absolute Gasteiger partial charge is 0.480 e. The van der Waals surface area contributed by atoms with Gasteiger partial charge in [0.25, 0.3) is 0 Å². The molecule has 1 amide bonds. The highest BCUT2D eigenvalue weighted by Crippen LogP contribution is 2.26. The molecule has 1 aromatic rings. The predicted molar refractivity (Wildman–Crippen MR) is 78.4 cm³/mol. The van der Waals surface area contributed by atoms with E-state index in [0.717, 1.165) is 12.0 Å². The molecular weight excluding hydrogens is 256 g/mol. The number of carboxylic acid groups (broad SMARTS) is 1. The van der Waals surface area contributed by atoms with Crippen LogP contribution in [0.1, 0.15) is 32.8 Å². The zero-order valence-electron chi connectivity index (χ0n) is 12.2. The van der Waals surface area contributed by atoms with Crippen LogP contribution < -0.4 is 5.73 Å². The van der Waals surface area contributed by atoms with Crippen LogP contribution >= 0.6 is 0 Å². The Balaban J connectivity index is 3.01. The van der Waals surface area contributed by atoms with Crippen LogP contribution in [-0.2, 0) is 15.0 Å². The van der Waals surface area contributed by atoms with Gasteiger partial charge in [0, 0.05) is 12.2 Å². The van der Waals surface area contributed by atoms with E-state index >= 15 is 0 Å².